The number of nitrogens with one attached hydrogen (secondary N) is 1. The average Bonchev–Trinajstić information content (AvgIpc) is 2.71. The summed E-state index contributed by atoms with van der Waals surface area (Å²) in [5.41, 5.74) is 2.22. The second-order valence-corrected chi connectivity index (χ2v) is 6.74. The maximum Gasteiger partial charge on any atom is 0.276 e. The first kappa shape index (κ1) is 19.1. The van der Waals surface area contributed by atoms with Crippen LogP contribution in [-0.4, -0.2) is 67.3 Å². The number of benzene rings is 1. The third-order valence-corrected chi connectivity index (χ3v) is 4.96. The molecule has 0 spiro atoms. The van der Waals surface area contributed by atoms with E-state index in [0.717, 1.165) is 56.5 Å². The summed E-state index contributed by atoms with van der Waals surface area (Å²) in [4.78, 5) is 19.2. The van der Waals surface area contributed by atoms with Crippen LogP contribution in [0.4, 0.5) is 17.2 Å². The maximum absolute atomic E-state index is 12.4. The molecule has 7 nitrogen and oxygen atoms in total. The number of nitrogens with zero attached hydrogens (tertiary/aromatic N) is 5. The van der Waals surface area contributed by atoms with Crippen molar-refractivity contribution < 1.29 is 4.79 Å². The molecule has 1 fully saturated rings. The number of aromatic nitrogens is 2. The molecule has 3 rings (SSSR count). The average molecular weight is 368 g/mol. The molecule has 0 bridgehead atoms. The van der Waals surface area contributed by atoms with Gasteiger partial charge in [0.15, 0.2) is 11.5 Å². The number of anilines is 3. The van der Waals surface area contributed by atoms with Crippen LogP contribution in [0, 0.1) is 0 Å². The Balaban J connectivity index is 1.61. The van der Waals surface area contributed by atoms with Gasteiger partial charge in [-0.25, -0.2) is 0 Å². The van der Waals surface area contributed by atoms with Gasteiger partial charge >= 0.3 is 0 Å². The largest absolute Gasteiger partial charge is 0.372 e. The van der Waals surface area contributed by atoms with Gasteiger partial charge in [-0.3, -0.25) is 4.79 Å². The van der Waals surface area contributed by atoms with Gasteiger partial charge in [0, 0.05) is 50.6 Å². The number of carbonyl (C=O) groups excluding carboxylic acids is 1. The normalized spacial score (nSPS) is 14.9. The first-order valence-electron chi connectivity index (χ1n) is 9.54. The number of piperazine rings is 1. The summed E-state index contributed by atoms with van der Waals surface area (Å²) in [6, 6.07) is 11.5. The molecule has 7 heteroatoms. The molecule has 1 aliphatic heterocycles. The fraction of sp³-hybridized carbons (Fsp3) is 0.450. The first-order chi connectivity index (χ1) is 13.1. The molecular weight excluding hydrogens is 340 g/mol. The highest BCUT2D eigenvalue weighted by atomic mass is 16.1. The smallest absolute Gasteiger partial charge is 0.276 e. The highest BCUT2D eigenvalue weighted by Crippen LogP contribution is 2.18. The summed E-state index contributed by atoms with van der Waals surface area (Å²) in [6.07, 6.45) is 0. The lowest BCUT2D eigenvalue weighted by molar-refractivity contribution is 0.102. The van der Waals surface area contributed by atoms with Crippen molar-refractivity contribution in [2.24, 2.45) is 0 Å². The molecule has 0 unspecified atom stereocenters. The number of amides is 1. The van der Waals surface area contributed by atoms with E-state index in [4.69, 9.17) is 0 Å². The summed E-state index contributed by atoms with van der Waals surface area (Å²) in [7, 11) is 2.12. The third-order valence-electron chi connectivity index (χ3n) is 4.96. The van der Waals surface area contributed by atoms with Crippen LogP contribution in [0.15, 0.2) is 36.4 Å². The molecule has 1 amide bonds. The molecule has 2 aromatic rings. The van der Waals surface area contributed by atoms with E-state index < -0.39 is 0 Å². The number of hydrogen-bond donors (Lipinski definition) is 1. The van der Waals surface area contributed by atoms with Gasteiger partial charge in [0.05, 0.1) is 0 Å². The summed E-state index contributed by atoms with van der Waals surface area (Å²) in [6.45, 7) is 10.0. The Kier molecular flexibility index (Phi) is 6.24. The molecule has 0 saturated carbocycles. The van der Waals surface area contributed by atoms with Gasteiger partial charge in [0.25, 0.3) is 5.91 Å². The van der Waals surface area contributed by atoms with Crippen molar-refractivity contribution in [3.63, 3.8) is 0 Å². The molecule has 27 heavy (non-hydrogen) atoms. The van der Waals surface area contributed by atoms with E-state index in [1.807, 2.05) is 30.3 Å². The molecular formula is C20H28N6O. The molecule has 1 aromatic heterocycles. The monoisotopic (exact) mass is 368 g/mol. The molecule has 1 aromatic carbocycles. The van der Waals surface area contributed by atoms with Crippen molar-refractivity contribution in [2.45, 2.75) is 13.8 Å². The zero-order valence-corrected chi connectivity index (χ0v) is 16.4. The summed E-state index contributed by atoms with van der Waals surface area (Å²) < 4.78 is 0. The standard InChI is InChI=1S/C20H28N6O/c1-4-25(5-2)17-8-6-16(7-9-17)21-20(27)18-10-11-19(23-22-18)26-14-12-24(3)13-15-26/h6-11H,4-5,12-15H2,1-3H3,(H,21,27). The van der Waals surface area contributed by atoms with Crippen LogP contribution in [-0.2, 0) is 0 Å². The van der Waals surface area contributed by atoms with Crippen LogP contribution in [0.25, 0.3) is 0 Å². The maximum atomic E-state index is 12.4. The fourth-order valence-electron chi connectivity index (χ4n) is 3.19. The summed E-state index contributed by atoms with van der Waals surface area (Å²) in [5, 5.41) is 11.2. The van der Waals surface area contributed by atoms with Crippen LogP contribution in [0.5, 0.6) is 0 Å². The molecule has 0 radical (unpaired) electrons. The first-order valence-corrected chi connectivity index (χ1v) is 9.54. The SMILES string of the molecule is CCN(CC)c1ccc(NC(=O)c2ccc(N3CCN(C)CC3)nn2)cc1. The van der Waals surface area contributed by atoms with Crippen LogP contribution in [0.3, 0.4) is 0 Å². The van der Waals surface area contributed by atoms with E-state index in [9.17, 15) is 4.79 Å². The van der Waals surface area contributed by atoms with Crippen LogP contribution < -0.4 is 15.1 Å². The van der Waals surface area contributed by atoms with E-state index >= 15 is 0 Å². The molecule has 1 aliphatic rings. The molecule has 1 saturated heterocycles. The Labute approximate surface area is 161 Å². The zero-order chi connectivity index (χ0) is 19.2. The van der Waals surface area contributed by atoms with Crippen molar-refractivity contribution in [3.05, 3.63) is 42.1 Å². The highest BCUT2D eigenvalue weighted by Gasteiger charge is 2.16. The second-order valence-electron chi connectivity index (χ2n) is 6.74. The highest BCUT2D eigenvalue weighted by molar-refractivity contribution is 6.02. The number of rotatable bonds is 6. The molecule has 144 valence electrons. The van der Waals surface area contributed by atoms with Crippen molar-refractivity contribution in [1.82, 2.24) is 15.1 Å². The van der Waals surface area contributed by atoms with Gasteiger partial charge in [0.1, 0.15) is 0 Å². The Morgan fingerprint density at radius 2 is 1.67 bits per heavy atom. The minimum atomic E-state index is -0.247. The van der Waals surface area contributed by atoms with Gasteiger partial charge in [-0.1, -0.05) is 0 Å². The number of carbonyl (C=O) groups is 1. The Bertz CT molecular complexity index is 734. The van der Waals surface area contributed by atoms with Crippen molar-refractivity contribution in [3.8, 4) is 0 Å². The number of likely N-dealkylation sites (N-methyl/N-ethyl adjacent to an activating group) is 1. The van der Waals surface area contributed by atoms with E-state index in [1.54, 1.807) is 6.07 Å². The van der Waals surface area contributed by atoms with E-state index in [0.29, 0.717) is 5.69 Å². The minimum Gasteiger partial charge on any atom is -0.372 e. The Hall–Kier alpha value is -2.67. The Morgan fingerprint density at radius 3 is 2.22 bits per heavy atom. The van der Waals surface area contributed by atoms with Crippen LogP contribution >= 0.6 is 0 Å². The van der Waals surface area contributed by atoms with Crippen molar-refractivity contribution in [2.75, 3.05) is 61.4 Å². The molecule has 0 aliphatic carbocycles. The van der Waals surface area contributed by atoms with Crippen LogP contribution in [0.2, 0.25) is 0 Å². The van der Waals surface area contributed by atoms with Gasteiger partial charge in [-0.15, -0.1) is 10.2 Å². The lowest BCUT2D eigenvalue weighted by atomic mass is 10.2. The van der Waals surface area contributed by atoms with Gasteiger partial charge in [0.2, 0.25) is 0 Å². The topological polar surface area (TPSA) is 64.6 Å². The van der Waals surface area contributed by atoms with Gasteiger partial charge in [-0.2, -0.15) is 0 Å². The second kappa shape index (κ2) is 8.81. The molecule has 2 heterocycles. The van der Waals surface area contributed by atoms with Gasteiger partial charge < -0.3 is 20.0 Å². The predicted octanol–water partition coefficient (Wildman–Crippen LogP) is 2.33. The number of hydrogen-bond acceptors (Lipinski definition) is 6. The Morgan fingerprint density at radius 1 is 1.00 bits per heavy atom. The van der Waals surface area contributed by atoms with E-state index in [-0.39, 0.29) is 5.91 Å². The van der Waals surface area contributed by atoms with Crippen molar-refractivity contribution >= 4 is 23.1 Å². The van der Waals surface area contributed by atoms with Crippen molar-refractivity contribution in [1.29, 1.82) is 0 Å². The zero-order valence-electron chi connectivity index (χ0n) is 16.4. The predicted molar refractivity (Wildman–Crippen MR) is 110 cm³/mol. The summed E-state index contributed by atoms with van der Waals surface area (Å²) >= 11 is 0. The third kappa shape index (κ3) is 4.74. The molecule has 0 atom stereocenters. The van der Waals surface area contributed by atoms with E-state index in [2.05, 4.69) is 51.1 Å². The quantitative estimate of drug-likeness (QED) is 0.844. The lowest BCUT2D eigenvalue weighted by Crippen LogP contribution is -2.44. The van der Waals surface area contributed by atoms with Crippen LogP contribution in [0.1, 0.15) is 24.3 Å². The van der Waals surface area contributed by atoms with Gasteiger partial charge in [-0.05, 0) is 57.3 Å². The lowest BCUT2D eigenvalue weighted by Gasteiger charge is -2.32. The van der Waals surface area contributed by atoms with E-state index in [1.165, 1.54) is 0 Å². The summed E-state index contributed by atoms with van der Waals surface area (Å²) in [5.74, 6) is 0.575. The molecule has 1 N–H and O–H groups in total. The fourth-order valence-corrected chi connectivity index (χ4v) is 3.19. The minimum absolute atomic E-state index is 0.247.